The molecule has 7 heteroatoms. The van der Waals surface area contributed by atoms with Crippen molar-refractivity contribution in [3.63, 3.8) is 0 Å². The number of fused-ring (bicyclic) bond motifs is 3. The van der Waals surface area contributed by atoms with Crippen molar-refractivity contribution < 1.29 is 18.0 Å². The van der Waals surface area contributed by atoms with E-state index in [1.54, 1.807) is 4.90 Å². The maximum Gasteiger partial charge on any atom is 0.416 e. The van der Waals surface area contributed by atoms with Crippen molar-refractivity contribution in [2.24, 2.45) is 0 Å². The molecule has 1 N–H and O–H groups in total. The van der Waals surface area contributed by atoms with Crippen molar-refractivity contribution in [1.82, 2.24) is 9.47 Å². The van der Waals surface area contributed by atoms with Gasteiger partial charge in [0.25, 0.3) is 0 Å². The van der Waals surface area contributed by atoms with Crippen LogP contribution in [0, 0.1) is 0 Å². The summed E-state index contributed by atoms with van der Waals surface area (Å²) in [5.41, 5.74) is 2.99. The second kappa shape index (κ2) is 8.16. The van der Waals surface area contributed by atoms with Crippen LogP contribution in [0.5, 0.6) is 0 Å². The number of rotatable bonds is 2. The van der Waals surface area contributed by atoms with Crippen LogP contribution in [0.25, 0.3) is 5.69 Å². The maximum absolute atomic E-state index is 13.5. The third kappa shape index (κ3) is 3.98. The smallest absolute Gasteiger partial charge is 0.318 e. The van der Waals surface area contributed by atoms with Crippen LogP contribution in [0.4, 0.5) is 23.7 Å². The van der Waals surface area contributed by atoms with Gasteiger partial charge in [-0.15, -0.1) is 0 Å². The second-order valence-electron chi connectivity index (χ2n) is 7.88. The summed E-state index contributed by atoms with van der Waals surface area (Å²) >= 11 is 0. The van der Waals surface area contributed by atoms with Crippen LogP contribution in [0.2, 0.25) is 0 Å². The van der Waals surface area contributed by atoms with E-state index < -0.39 is 23.8 Å². The quantitative estimate of drug-likeness (QED) is 0.368. The standard InChI is InChI=1S/C26H20F3N3O/c27-26(28,29)20-11-6-12-21(16-20)30-25(33)32-17-19-10-4-5-13-22(19)31-15-7-14-23(31)24(32)18-8-2-1-3-9-18/h1-16,24H,17H2,(H,30,33). The number of aromatic nitrogens is 1. The van der Waals surface area contributed by atoms with Gasteiger partial charge in [-0.2, -0.15) is 13.2 Å². The fourth-order valence-electron chi connectivity index (χ4n) is 4.29. The Hall–Kier alpha value is -4.00. The topological polar surface area (TPSA) is 37.3 Å². The van der Waals surface area contributed by atoms with Crippen LogP contribution >= 0.6 is 0 Å². The van der Waals surface area contributed by atoms with E-state index in [0.717, 1.165) is 34.6 Å². The van der Waals surface area contributed by atoms with Crippen molar-refractivity contribution >= 4 is 11.7 Å². The van der Waals surface area contributed by atoms with Crippen LogP contribution in [0.15, 0.2) is 97.2 Å². The Morgan fingerprint density at radius 2 is 1.64 bits per heavy atom. The Kier molecular flexibility index (Phi) is 5.17. The molecule has 3 aromatic carbocycles. The number of hydrogen-bond donors (Lipinski definition) is 1. The third-order valence-corrected chi connectivity index (χ3v) is 5.78. The molecule has 2 heterocycles. The highest BCUT2D eigenvalue weighted by molar-refractivity contribution is 5.90. The van der Waals surface area contributed by atoms with Gasteiger partial charge in [0.15, 0.2) is 0 Å². The normalized spacial score (nSPS) is 15.4. The molecular formula is C26H20F3N3O. The molecule has 1 unspecified atom stereocenters. The minimum Gasteiger partial charge on any atom is -0.318 e. The molecule has 0 fully saturated rings. The zero-order valence-corrected chi connectivity index (χ0v) is 17.5. The Morgan fingerprint density at radius 3 is 2.42 bits per heavy atom. The van der Waals surface area contributed by atoms with E-state index in [4.69, 9.17) is 0 Å². The first-order valence-electron chi connectivity index (χ1n) is 10.5. The maximum atomic E-state index is 13.5. The summed E-state index contributed by atoms with van der Waals surface area (Å²) < 4.78 is 41.6. The van der Waals surface area contributed by atoms with E-state index in [-0.39, 0.29) is 5.69 Å². The third-order valence-electron chi connectivity index (χ3n) is 5.78. The van der Waals surface area contributed by atoms with E-state index in [1.807, 2.05) is 72.9 Å². The Morgan fingerprint density at radius 1 is 0.879 bits per heavy atom. The zero-order chi connectivity index (χ0) is 23.0. The SMILES string of the molecule is O=C(Nc1cccc(C(F)(F)F)c1)N1Cc2ccccc2-n2cccc2C1c1ccccc1. The van der Waals surface area contributed by atoms with Crippen molar-refractivity contribution in [3.8, 4) is 5.69 Å². The number of anilines is 1. The van der Waals surface area contributed by atoms with Gasteiger partial charge in [0.05, 0.1) is 23.8 Å². The average Bonchev–Trinajstić information content (AvgIpc) is 3.23. The predicted octanol–water partition coefficient (Wildman–Crippen LogP) is 6.63. The molecule has 2 amide bonds. The van der Waals surface area contributed by atoms with E-state index >= 15 is 0 Å². The molecule has 33 heavy (non-hydrogen) atoms. The summed E-state index contributed by atoms with van der Waals surface area (Å²) in [4.78, 5) is 15.2. The number of halogens is 3. The van der Waals surface area contributed by atoms with Gasteiger partial charge in [0.1, 0.15) is 0 Å². The van der Waals surface area contributed by atoms with Crippen LogP contribution in [-0.2, 0) is 12.7 Å². The molecule has 4 nitrogen and oxygen atoms in total. The molecule has 1 aliphatic heterocycles. The summed E-state index contributed by atoms with van der Waals surface area (Å²) in [5.74, 6) is 0. The molecule has 4 aromatic rings. The summed E-state index contributed by atoms with van der Waals surface area (Å²) in [7, 11) is 0. The van der Waals surface area contributed by atoms with Crippen LogP contribution in [-0.4, -0.2) is 15.5 Å². The number of hydrogen-bond acceptors (Lipinski definition) is 1. The molecule has 1 aliphatic rings. The lowest BCUT2D eigenvalue weighted by atomic mass is 10.0. The number of nitrogens with zero attached hydrogens (tertiary/aromatic N) is 2. The lowest BCUT2D eigenvalue weighted by molar-refractivity contribution is -0.137. The fourth-order valence-corrected chi connectivity index (χ4v) is 4.29. The number of benzene rings is 3. The van der Waals surface area contributed by atoms with Gasteiger partial charge in [0.2, 0.25) is 0 Å². The van der Waals surface area contributed by atoms with E-state index in [9.17, 15) is 18.0 Å². The lowest BCUT2D eigenvalue weighted by Gasteiger charge is -2.31. The number of nitrogens with one attached hydrogen (secondary N) is 1. The molecule has 0 bridgehead atoms. The first-order valence-corrected chi connectivity index (χ1v) is 10.5. The van der Waals surface area contributed by atoms with Gasteiger partial charge >= 0.3 is 12.2 Å². The Labute approximate surface area is 188 Å². The number of amides is 2. The highest BCUT2D eigenvalue weighted by Crippen LogP contribution is 2.37. The molecule has 0 saturated heterocycles. The van der Waals surface area contributed by atoms with Gasteiger partial charge in [0, 0.05) is 17.6 Å². The van der Waals surface area contributed by atoms with Gasteiger partial charge < -0.3 is 14.8 Å². The lowest BCUT2D eigenvalue weighted by Crippen LogP contribution is -2.38. The molecule has 0 aliphatic carbocycles. The predicted molar refractivity (Wildman–Crippen MR) is 120 cm³/mol. The van der Waals surface area contributed by atoms with Gasteiger partial charge in [-0.25, -0.2) is 4.79 Å². The average molecular weight is 447 g/mol. The fraction of sp³-hybridized carbons (Fsp3) is 0.115. The first-order chi connectivity index (χ1) is 15.9. The van der Waals surface area contributed by atoms with Gasteiger partial charge in [-0.1, -0.05) is 54.6 Å². The minimum atomic E-state index is -4.49. The van der Waals surface area contributed by atoms with Crippen LogP contribution < -0.4 is 5.32 Å². The molecule has 1 atom stereocenters. The largest absolute Gasteiger partial charge is 0.416 e. The van der Waals surface area contributed by atoms with Crippen LogP contribution in [0.1, 0.15) is 28.4 Å². The summed E-state index contributed by atoms with van der Waals surface area (Å²) in [6.45, 7) is 0.294. The number of alkyl halides is 3. The number of urea groups is 1. The number of carbonyl (C=O) groups is 1. The van der Waals surface area contributed by atoms with Crippen molar-refractivity contribution in [2.45, 2.75) is 18.8 Å². The monoisotopic (exact) mass is 447 g/mol. The van der Waals surface area contributed by atoms with Gasteiger partial charge in [-0.05, 0) is 47.5 Å². The minimum absolute atomic E-state index is 0.0922. The van der Waals surface area contributed by atoms with Gasteiger partial charge in [-0.3, -0.25) is 0 Å². The molecule has 0 spiro atoms. The number of para-hydroxylation sites is 1. The second-order valence-corrected chi connectivity index (χ2v) is 7.88. The summed E-state index contributed by atoms with van der Waals surface area (Å²) in [6.07, 6.45) is -2.53. The molecule has 0 radical (unpaired) electrons. The van der Waals surface area contributed by atoms with E-state index in [1.165, 1.54) is 12.1 Å². The van der Waals surface area contributed by atoms with E-state index in [2.05, 4.69) is 9.88 Å². The Bertz CT molecular complexity index is 1300. The molecular weight excluding hydrogens is 427 g/mol. The highest BCUT2D eigenvalue weighted by Gasteiger charge is 2.34. The first kappa shape index (κ1) is 20.9. The molecule has 166 valence electrons. The molecule has 1 aromatic heterocycles. The summed E-state index contributed by atoms with van der Waals surface area (Å²) in [5, 5.41) is 2.68. The summed E-state index contributed by atoms with van der Waals surface area (Å²) in [6, 6.07) is 25.1. The van der Waals surface area contributed by atoms with Crippen molar-refractivity contribution in [1.29, 1.82) is 0 Å². The van der Waals surface area contributed by atoms with E-state index in [0.29, 0.717) is 6.54 Å². The molecule has 5 rings (SSSR count). The molecule has 0 saturated carbocycles. The van der Waals surface area contributed by atoms with Crippen molar-refractivity contribution in [2.75, 3.05) is 5.32 Å². The zero-order valence-electron chi connectivity index (χ0n) is 17.5. The number of carbonyl (C=O) groups excluding carboxylic acids is 1. The van der Waals surface area contributed by atoms with Crippen LogP contribution in [0.3, 0.4) is 0 Å². The Balaban J connectivity index is 1.58. The van der Waals surface area contributed by atoms with Crippen molar-refractivity contribution in [3.05, 3.63) is 120 Å². The highest BCUT2D eigenvalue weighted by atomic mass is 19.4.